The van der Waals surface area contributed by atoms with Gasteiger partial charge in [0.1, 0.15) is 6.61 Å². The molecule has 1 aromatic rings. The van der Waals surface area contributed by atoms with Crippen molar-refractivity contribution >= 4 is 17.5 Å². The molecular formula is C14H19ClN2O2. The van der Waals surface area contributed by atoms with Crippen molar-refractivity contribution in [2.75, 3.05) is 19.7 Å². The summed E-state index contributed by atoms with van der Waals surface area (Å²) in [4.78, 5) is 11.8. The predicted octanol–water partition coefficient (Wildman–Crippen LogP) is 1.90. The van der Waals surface area contributed by atoms with Gasteiger partial charge in [-0.3, -0.25) is 4.79 Å². The van der Waals surface area contributed by atoms with Crippen LogP contribution >= 0.6 is 11.6 Å². The molecular weight excluding hydrogens is 264 g/mol. The topological polar surface area (TPSA) is 50.4 Å². The molecule has 0 unspecified atom stereocenters. The first-order chi connectivity index (χ1) is 8.98. The van der Waals surface area contributed by atoms with Gasteiger partial charge in [-0.15, -0.1) is 0 Å². The first-order valence-electron chi connectivity index (χ1n) is 6.38. The zero-order valence-electron chi connectivity index (χ0n) is 11.2. The summed E-state index contributed by atoms with van der Waals surface area (Å²) < 4.78 is 5.59. The van der Waals surface area contributed by atoms with E-state index in [2.05, 4.69) is 10.6 Å². The molecule has 1 amide bonds. The normalized spacial score (nSPS) is 18.5. The summed E-state index contributed by atoms with van der Waals surface area (Å²) in [5.74, 6) is -0.111. The molecule has 19 heavy (non-hydrogen) atoms. The average molecular weight is 283 g/mol. The van der Waals surface area contributed by atoms with Crippen LogP contribution in [-0.2, 0) is 9.53 Å². The van der Waals surface area contributed by atoms with Gasteiger partial charge in [-0.25, -0.2) is 0 Å². The maximum Gasteiger partial charge on any atom is 0.246 e. The van der Waals surface area contributed by atoms with E-state index in [-0.39, 0.29) is 24.2 Å². The Bertz CT molecular complexity index is 461. The van der Waals surface area contributed by atoms with Crippen molar-refractivity contribution in [1.29, 1.82) is 0 Å². The molecule has 1 aromatic carbocycles. The summed E-state index contributed by atoms with van der Waals surface area (Å²) in [6.45, 7) is 5.60. The highest BCUT2D eigenvalue weighted by molar-refractivity contribution is 6.30. The van der Waals surface area contributed by atoms with Crippen LogP contribution < -0.4 is 10.6 Å². The highest BCUT2D eigenvalue weighted by atomic mass is 35.5. The minimum Gasteiger partial charge on any atom is -0.363 e. The van der Waals surface area contributed by atoms with Crippen molar-refractivity contribution in [2.24, 2.45) is 0 Å². The van der Waals surface area contributed by atoms with Crippen molar-refractivity contribution < 1.29 is 9.53 Å². The maximum absolute atomic E-state index is 11.8. The van der Waals surface area contributed by atoms with Gasteiger partial charge in [0.05, 0.1) is 11.6 Å². The summed E-state index contributed by atoms with van der Waals surface area (Å²) in [6.07, 6.45) is 0. The standard InChI is InChI=1S/C14H19ClN2O2/c1-10(11-4-3-5-12(15)6-11)17-13(18)7-19-14(2)8-16-9-14/h3-6,10,16H,7-9H2,1-2H3,(H,17,18)/t10-/m1/s1. The van der Waals surface area contributed by atoms with E-state index in [0.29, 0.717) is 5.02 Å². The Morgan fingerprint density at radius 2 is 2.32 bits per heavy atom. The van der Waals surface area contributed by atoms with Crippen molar-refractivity contribution in [1.82, 2.24) is 10.6 Å². The van der Waals surface area contributed by atoms with E-state index < -0.39 is 0 Å². The lowest BCUT2D eigenvalue weighted by Gasteiger charge is -2.38. The zero-order valence-corrected chi connectivity index (χ0v) is 12.0. The van der Waals surface area contributed by atoms with E-state index in [0.717, 1.165) is 18.7 Å². The van der Waals surface area contributed by atoms with Crippen molar-refractivity contribution in [3.63, 3.8) is 0 Å². The number of carbonyl (C=O) groups is 1. The number of halogens is 1. The number of nitrogens with one attached hydrogen (secondary N) is 2. The molecule has 1 aliphatic rings. The largest absolute Gasteiger partial charge is 0.363 e. The SMILES string of the molecule is C[C@@H](NC(=O)COC1(C)CNC1)c1cccc(Cl)c1. The van der Waals surface area contributed by atoms with Crippen LogP contribution in [0.25, 0.3) is 0 Å². The van der Waals surface area contributed by atoms with Gasteiger partial charge in [0.2, 0.25) is 5.91 Å². The number of ether oxygens (including phenoxy) is 1. The summed E-state index contributed by atoms with van der Waals surface area (Å²) >= 11 is 5.93. The molecule has 104 valence electrons. The minimum atomic E-state index is -0.198. The summed E-state index contributed by atoms with van der Waals surface area (Å²) in [5.41, 5.74) is 0.786. The molecule has 4 nitrogen and oxygen atoms in total. The molecule has 2 N–H and O–H groups in total. The third-order valence-electron chi connectivity index (χ3n) is 3.28. The number of benzene rings is 1. The Labute approximate surface area is 118 Å². The van der Waals surface area contributed by atoms with Gasteiger partial charge in [0.15, 0.2) is 0 Å². The Hall–Kier alpha value is -1.10. The number of hydrogen-bond acceptors (Lipinski definition) is 3. The van der Waals surface area contributed by atoms with Gasteiger partial charge in [-0.05, 0) is 31.5 Å². The van der Waals surface area contributed by atoms with Gasteiger partial charge in [0.25, 0.3) is 0 Å². The van der Waals surface area contributed by atoms with Crippen LogP contribution in [0, 0.1) is 0 Å². The van der Waals surface area contributed by atoms with Gasteiger partial charge in [-0.2, -0.15) is 0 Å². The number of hydrogen-bond donors (Lipinski definition) is 2. The van der Waals surface area contributed by atoms with Crippen LogP contribution in [0.4, 0.5) is 0 Å². The molecule has 0 aliphatic carbocycles. The van der Waals surface area contributed by atoms with Crippen molar-refractivity contribution in [2.45, 2.75) is 25.5 Å². The Balaban J connectivity index is 1.81. The van der Waals surface area contributed by atoms with Crippen LogP contribution in [0.15, 0.2) is 24.3 Å². The van der Waals surface area contributed by atoms with Crippen LogP contribution in [0.5, 0.6) is 0 Å². The highest BCUT2D eigenvalue weighted by Gasteiger charge is 2.33. The minimum absolute atomic E-state index is 0.0814. The van der Waals surface area contributed by atoms with E-state index in [1.54, 1.807) is 0 Å². The number of carbonyl (C=O) groups excluding carboxylic acids is 1. The quantitative estimate of drug-likeness (QED) is 0.867. The summed E-state index contributed by atoms with van der Waals surface area (Å²) in [7, 11) is 0. The third kappa shape index (κ3) is 3.93. The lowest BCUT2D eigenvalue weighted by molar-refractivity contribution is -0.136. The molecule has 1 aliphatic heterocycles. The molecule has 1 fully saturated rings. The predicted molar refractivity (Wildman–Crippen MR) is 75.2 cm³/mol. The van der Waals surface area contributed by atoms with Crippen molar-refractivity contribution in [3.8, 4) is 0 Å². The first kappa shape index (κ1) is 14.3. The molecule has 0 aromatic heterocycles. The van der Waals surface area contributed by atoms with E-state index in [1.807, 2.05) is 38.1 Å². The highest BCUT2D eigenvalue weighted by Crippen LogP contribution is 2.18. The van der Waals surface area contributed by atoms with E-state index in [1.165, 1.54) is 0 Å². The van der Waals surface area contributed by atoms with Gasteiger partial charge in [0, 0.05) is 18.1 Å². The molecule has 0 radical (unpaired) electrons. The zero-order chi connectivity index (χ0) is 13.9. The number of rotatable bonds is 5. The van der Waals surface area contributed by atoms with Gasteiger partial charge in [-0.1, -0.05) is 23.7 Å². The lowest BCUT2D eigenvalue weighted by atomic mass is 10.0. The third-order valence-corrected chi connectivity index (χ3v) is 3.51. The maximum atomic E-state index is 11.8. The molecule has 1 atom stereocenters. The van der Waals surface area contributed by atoms with E-state index in [9.17, 15) is 4.79 Å². The molecule has 1 saturated heterocycles. The van der Waals surface area contributed by atoms with Gasteiger partial charge >= 0.3 is 0 Å². The monoisotopic (exact) mass is 282 g/mol. The molecule has 0 spiro atoms. The molecule has 1 heterocycles. The van der Waals surface area contributed by atoms with Crippen LogP contribution in [-0.4, -0.2) is 31.2 Å². The smallest absolute Gasteiger partial charge is 0.246 e. The molecule has 2 rings (SSSR count). The average Bonchev–Trinajstić information content (AvgIpc) is 2.34. The fraction of sp³-hybridized carbons (Fsp3) is 0.500. The van der Waals surface area contributed by atoms with Crippen LogP contribution in [0.2, 0.25) is 5.02 Å². The molecule has 0 saturated carbocycles. The summed E-state index contributed by atoms with van der Waals surface area (Å²) in [6, 6.07) is 7.40. The van der Waals surface area contributed by atoms with E-state index in [4.69, 9.17) is 16.3 Å². The second-order valence-corrected chi connectivity index (χ2v) is 5.62. The van der Waals surface area contributed by atoms with Crippen molar-refractivity contribution in [3.05, 3.63) is 34.9 Å². The summed E-state index contributed by atoms with van der Waals surface area (Å²) in [5, 5.41) is 6.70. The fourth-order valence-corrected chi connectivity index (χ4v) is 2.16. The molecule has 0 bridgehead atoms. The Morgan fingerprint density at radius 1 is 1.58 bits per heavy atom. The molecule has 5 heteroatoms. The second kappa shape index (κ2) is 5.90. The fourth-order valence-electron chi connectivity index (χ4n) is 1.96. The van der Waals surface area contributed by atoms with E-state index >= 15 is 0 Å². The van der Waals surface area contributed by atoms with Crippen LogP contribution in [0.3, 0.4) is 0 Å². The lowest BCUT2D eigenvalue weighted by Crippen LogP contribution is -2.59. The number of amides is 1. The van der Waals surface area contributed by atoms with Crippen LogP contribution in [0.1, 0.15) is 25.5 Å². The Morgan fingerprint density at radius 3 is 2.89 bits per heavy atom. The van der Waals surface area contributed by atoms with Gasteiger partial charge < -0.3 is 15.4 Å². The second-order valence-electron chi connectivity index (χ2n) is 5.19. The first-order valence-corrected chi connectivity index (χ1v) is 6.76. The Kier molecular flexibility index (Phi) is 4.45.